The molecule has 0 N–H and O–H groups in total. The van der Waals surface area contributed by atoms with Gasteiger partial charge in [-0.15, -0.1) is 11.6 Å². The molecule has 0 bridgehead atoms. The number of rotatable bonds is 2. The van der Waals surface area contributed by atoms with Gasteiger partial charge in [0.05, 0.1) is 16.9 Å². The average Bonchev–Trinajstić information content (AvgIpc) is 2.93. The Kier molecular flexibility index (Phi) is 3.06. The van der Waals surface area contributed by atoms with Gasteiger partial charge in [0.15, 0.2) is 0 Å². The quantitative estimate of drug-likeness (QED) is 0.732. The van der Waals surface area contributed by atoms with Crippen LogP contribution in [-0.4, -0.2) is 9.55 Å². The number of hydrogen-bond donors (Lipinski definition) is 0. The van der Waals surface area contributed by atoms with Crippen molar-refractivity contribution in [3.63, 3.8) is 0 Å². The number of fused-ring (bicyclic) bond motifs is 1. The fraction of sp³-hybridized carbons (Fsp3) is 0.533. The van der Waals surface area contributed by atoms with E-state index >= 15 is 0 Å². The molecule has 2 unspecified atom stereocenters. The highest BCUT2D eigenvalue weighted by molar-refractivity contribution is 6.16. The van der Waals surface area contributed by atoms with Gasteiger partial charge in [0.1, 0.15) is 5.82 Å². The van der Waals surface area contributed by atoms with Gasteiger partial charge in [0, 0.05) is 6.04 Å². The monoisotopic (exact) mass is 262 g/mol. The predicted molar refractivity (Wildman–Crippen MR) is 76.1 cm³/mol. The molecule has 1 aliphatic rings. The van der Waals surface area contributed by atoms with E-state index in [1.165, 1.54) is 30.3 Å². The molecule has 0 spiro atoms. The van der Waals surface area contributed by atoms with E-state index in [1.807, 2.05) is 0 Å². The summed E-state index contributed by atoms with van der Waals surface area (Å²) in [5, 5.41) is 0. The first-order chi connectivity index (χ1) is 8.70. The molecule has 96 valence electrons. The molecule has 0 radical (unpaired) electrons. The van der Waals surface area contributed by atoms with Crippen LogP contribution in [0.15, 0.2) is 18.2 Å². The van der Waals surface area contributed by atoms with Gasteiger partial charge >= 0.3 is 0 Å². The maximum Gasteiger partial charge on any atom is 0.125 e. The van der Waals surface area contributed by atoms with E-state index in [0.717, 1.165) is 17.3 Å². The first kappa shape index (κ1) is 12.0. The van der Waals surface area contributed by atoms with Crippen molar-refractivity contribution in [3.05, 3.63) is 29.6 Å². The SMILES string of the molecule is Cc1cccc2c1nc(CCl)n2C1CCC(C)C1. The van der Waals surface area contributed by atoms with Crippen LogP contribution in [-0.2, 0) is 5.88 Å². The molecule has 1 heterocycles. The summed E-state index contributed by atoms with van der Waals surface area (Å²) in [6.07, 6.45) is 3.83. The van der Waals surface area contributed by atoms with Crippen molar-refractivity contribution in [3.8, 4) is 0 Å². The Hall–Kier alpha value is -1.02. The van der Waals surface area contributed by atoms with Crippen LogP contribution in [0.25, 0.3) is 11.0 Å². The highest BCUT2D eigenvalue weighted by Crippen LogP contribution is 2.37. The van der Waals surface area contributed by atoms with E-state index in [2.05, 4.69) is 36.6 Å². The minimum absolute atomic E-state index is 0.499. The third-order valence-corrected chi connectivity index (χ3v) is 4.39. The summed E-state index contributed by atoms with van der Waals surface area (Å²) in [7, 11) is 0. The second kappa shape index (κ2) is 4.58. The molecule has 1 aliphatic carbocycles. The molecule has 18 heavy (non-hydrogen) atoms. The summed E-state index contributed by atoms with van der Waals surface area (Å²) in [6.45, 7) is 4.46. The predicted octanol–water partition coefficient (Wildman–Crippen LogP) is 4.44. The highest BCUT2D eigenvalue weighted by Gasteiger charge is 2.26. The molecule has 0 saturated heterocycles. The first-order valence-corrected chi connectivity index (χ1v) is 7.26. The van der Waals surface area contributed by atoms with Crippen molar-refractivity contribution in [2.45, 2.75) is 45.0 Å². The van der Waals surface area contributed by atoms with Gasteiger partial charge in [0.2, 0.25) is 0 Å². The van der Waals surface area contributed by atoms with Crippen molar-refractivity contribution < 1.29 is 0 Å². The van der Waals surface area contributed by atoms with E-state index in [1.54, 1.807) is 0 Å². The summed E-state index contributed by atoms with van der Waals surface area (Å²) >= 11 is 6.09. The Labute approximate surface area is 113 Å². The van der Waals surface area contributed by atoms with Gasteiger partial charge in [-0.2, -0.15) is 0 Å². The Morgan fingerprint density at radius 2 is 2.22 bits per heavy atom. The van der Waals surface area contributed by atoms with Gasteiger partial charge in [0.25, 0.3) is 0 Å². The first-order valence-electron chi connectivity index (χ1n) is 6.73. The van der Waals surface area contributed by atoms with Crippen LogP contribution in [0.4, 0.5) is 0 Å². The smallest absolute Gasteiger partial charge is 0.125 e. The standard InChI is InChI=1S/C15H19ClN2/c1-10-6-7-12(8-10)18-13-5-3-4-11(2)15(13)17-14(18)9-16/h3-5,10,12H,6-9H2,1-2H3. The van der Waals surface area contributed by atoms with Crippen molar-refractivity contribution >= 4 is 22.6 Å². The minimum Gasteiger partial charge on any atom is -0.324 e. The van der Waals surface area contributed by atoms with E-state index in [4.69, 9.17) is 16.6 Å². The molecule has 1 aromatic carbocycles. The van der Waals surface area contributed by atoms with Gasteiger partial charge < -0.3 is 4.57 Å². The zero-order valence-corrected chi connectivity index (χ0v) is 11.7. The van der Waals surface area contributed by atoms with E-state index in [0.29, 0.717) is 11.9 Å². The van der Waals surface area contributed by atoms with E-state index < -0.39 is 0 Å². The zero-order valence-electron chi connectivity index (χ0n) is 11.0. The lowest BCUT2D eigenvalue weighted by Gasteiger charge is -2.16. The van der Waals surface area contributed by atoms with Crippen LogP contribution in [0.1, 0.15) is 43.6 Å². The number of hydrogen-bond acceptors (Lipinski definition) is 1. The van der Waals surface area contributed by atoms with Gasteiger partial charge in [-0.1, -0.05) is 19.1 Å². The number of aryl methyl sites for hydroxylation is 1. The van der Waals surface area contributed by atoms with Crippen molar-refractivity contribution in [1.82, 2.24) is 9.55 Å². The van der Waals surface area contributed by atoms with Crippen LogP contribution in [0, 0.1) is 12.8 Å². The van der Waals surface area contributed by atoms with Gasteiger partial charge in [-0.25, -0.2) is 4.98 Å². The normalized spacial score (nSPS) is 23.9. The lowest BCUT2D eigenvalue weighted by Crippen LogP contribution is -2.08. The summed E-state index contributed by atoms with van der Waals surface area (Å²) in [4.78, 5) is 4.73. The second-order valence-electron chi connectivity index (χ2n) is 5.55. The molecule has 3 heteroatoms. The van der Waals surface area contributed by atoms with E-state index in [9.17, 15) is 0 Å². The molecular weight excluding hydrogens is 244 g/mol. The molecular formula is C15H19ClN2. The fourth-order valence-corrected chi connectivity index (χ4v) is 3.41. The number of alkyl halides is 1. The Morgan fingerprint density at radius 1 is 1.39 bits per heavy atom. The molecule has 2 aromatic rings. The lowest BCUT2D eigenvalue weighted by atomic mass is 10.1. The third kappa shape index (κ3) is 1.83. The van der Waals surface area contributed by atoms with Crippen LogP contribution in [0.3, 0.4) is 0 Å². The maximum atomic E-state index is 6.09. The Morgan fingerprint density at radius 3 is 2.89 bits per heavy atom. The lowest BCUT2D eigenvalue weighted by molar-refractivity contribution is 0.494. The molecule has 3 rings (SSSR count). The van der Waals surface area contributed by atoms with Crippen LogP contribution in [0.2, 0.25) is 0 Å². The summed E-state index contributed by atoms with van der Waals surface area (Å²) in [5.74, 6) is 2.35. The Bertz CT molecular complexity index is 573. The number of aromatic nitrogens is 2. The van der Waals surface area contributed by atoms with Crippen LogP contribution < -0.4 is 0 Å². The van der Waals surface area contributed by atoms with Crippen molar-refractivity contribution in [2.24, 2.45) is 5.92 Å². The zero-order chi connectivity index (χ0) is 12.7. The molecule has 1 saturated carbocycles. The van der Waals surface area contributed by atoms with Gasteiger partial charge in [-0.3, -0.25) is 0 Å². The molecule has 2 atom stereocenters. The maximum absolute atomic E-state index is 6.09. The third-order valence-electron chi connectivity index (χ3n) is 4.15. The number of para-hydroxylation sites is 1. The number of halogens is 1. The molecule has 1 fully saturated rings. The van der Waals surface area contributed by atoms with Crippen molar-refractivity contribution in [1.29, 1.82) is 0 Å². The van der Waals surface area contributed by atoms with Crippen LogP contribution >= 0.6 is 11.6 Å². The summed E-state index contributed by atoms with van der Waals surface area (Å²) < 4.78 is 2.39. The molecule has 2 nitrogen and oxygen atoms in total. The van der Waals surface area contributed by atoms with Crippen LogP contribution in [0.5, 0.6) is 0 Å². The molecule has 1 aromatic heterocycles. The van der Waals surface area contributed by atoms with Crippen molar-refractivity contribution in [2.75, 3.05) is 0 Å². The number of benzene rings is 1. The Balaban J connectivity index is 2.17. The van der Waals surface area contributed by atoms with Gasteiger partial charge in [-0.05, 0) is 43.7 Å². The fourth-order valence-electron chi connectivity index (χ4n) is 3.22. The average molecular weight is 263 g/mol. The highest BCUT2D eigenvalue weighted by atomic mass is 35.5. The van der Waals surface area contributed by atoms with E-state index in [-0.39, 0.29) is 0 Å². The minimum atomic E-state index is 0.499. The number of nitrogens with zero attached hydrogens (tertiary/aromatic N) is 2. The summed E-state index contributed by atoms with van der Waals surface area (Å²) in [5.41, 5.74) is 3.61. The molecule has 0 aliphatic heterocycles. The summed E-state index contributed by atoms with van der Waals surface area (Å²) in [6, 6.07) is 7.00. The topological polar surface area (TPSA) is 17.8 Å². The molecule has 0 amide bonds. The second-order valence-corrected chi connectivity index (χ2v) is 5.81. The number of imidazole rings is 1. The largest absolute Gasteiger partial charge is 0.324 e.